The monoisotopic (exact) mass is 266 g/mol. The van der Waals surface area contributed by atoms with Crippen molar-refractivity contribution in [2.45, 2.75) is 26.7 Å². The number of rotatable bonds is 5. The Morgan fingerprint density at radius 1 is 1.26 bits per heavy atom. The third kappa shape index (κ3) is 4.06. The fourth-order valence-corrected chi connectivity index (χ4v) is 1.61. The van der Waals surface area contributed by atoms with E-state index in [1.807, 2.05) is 0 Å². The molecule has 0 aromatic heterocycles. The van der Waals surface area contributed by atoms with Crippen LogP contribution in [0.4, 0.5) is 11.4 Å². The summed E-state index contributed by atoms with van der Waals surface area (Å²) in [5.74, 6) is -1.55. The summed E-state index contributed by atoms with van der Waals surface area (Å²) in [6.45, 7) is 3.32. The van der Waals surface area contributed by atoms with Gasteiger partial charge in [0.2, 0.25) is 5.91 Å². The number of carboxylic acids is 1. The number of hydrogen-bond acceptors (Lipinski definition) is 4. The van der Waals surface area contributed by atoms with Crippen molar-refractivity contribution < 1.29 is 19.6 Å². The van der Waals surface area contributed by atoms with Crippen LogP contribution in [0.2, 0.25) is 0 Å². The van der Waals surface area contributed by atoms with Crippen molar-refractivity contribution in [1.82, 2.24) is 0 Å². The SMILES string of the molecule is Cc1cc(C)c([N+](=O)[O-])cc1NC(=O)CCC(=O)O. The van der Waals surface area contributed by atoms with Gasteiger partial charge in [0.1, 0.15) is 0 Å². The zero-order chi connectivity index (χ0) is 14.6. The Bertz CT molecular complexity index is 539. The lowest BCUT2D eigenvalue weighted by molar-refractivity contribution is -0.385. The zero-order valence-electron chi connectivity index (χ0n) is 10.6. The summed E-state index contributed by atoms with van der Waals surface area (Å²) in [7, 11) is 0. The number of hydrogen-bond donors (Lipinski definition) is 2. The second-order valence-corrected chi connectivity index (χ2v) is 4.15. The summed E-state index contributed by atoms with van der Waals surface area (Å²) in [6, 6.07) is 2.88. The predicted octanol–water partition coefficient (Wildman–Crippen LogP) is 2.01. The van der Waals surface area contributed by atoms with Gasteiger partial charge < -0.3 is 10.4 Å². The number of amides is 1. The van der Waals surface area contributed by atoms with Crippen molar-refractivity contribution >= 4 is 23.3 Å². The van der Waals surface area contributed by atoms with Gasteiger partial charge in [-0.05, 0) is 25.5 Å². The standard InChI is InChI=1S/C12H14N2O5/c1-7-5-8(2)10(14(18)19)6-9(7)13-11(15)3-4-12(16)17/h5-6H,3-4H2,1-2H3,(H,13,15)(H,16,17). The van der Waals surface area contributed by atoms with Crippen LogP contribution in [0.25, 0.3) is 0 Å². The van der Waals surface area contributed by atoms with E-state index in [1.165, 1.54) is 6.07 Å². The summed E-state index contributed by atoms with van der Waals surface area (Å²) < 4.78 is 0. The van der Waals surface area contributed by atoms with Gasteiger partial charge in [0, 0.05) is 18.1 Å². The molecule has 0 aliphatic rings. The number of aryl methyl sites for hydroxylation is 2. The van der Waals surface area contributed by atoms with Crippen LogP contribution < -0.4 is 5.32 Å². The molecule has 1 amide bonds. The topological polar surface area (TPSA) is 110 Å². The van der Waals surface area contributed by atoms with Gasteiger partial charge in [0.05, 0.1) is 17.0 Å². The number of nitro groups is 1. The van der Waals surface area contributed by atoms with E-state index in [1.54, 1.807) is 19.9 Å². The maximum Gasteiger partial charge on any atom is 0.303 e. The molecule has 102 valence electrons. The molecule has 0 spiro atoms. The van der Waals surface area contributed by atoms with E-state index in [-0.39, 0.29) is 18.5 Å². The first kappa shape index (κ1) is 14.6. The summed E-state index contributed by atoms with van der Waals surface area (Å²) in [5.41, 5.74) is 1.43. The van der Waals surface area contributed by atoms with Gasteiger partial charge in [0.15, 0.2) is 0 Å². The van der Waals surface area contributed by atoms with Crippen molar-refractivity contribution in [3.8, 4) is 0 Å². The molecule has 0 saturated heterocycles. The highest BCUT2D eigenvalue weighted by atomic mass is 16.6. The number of carboxylic acid groups (broad SMARTS) is 1. The van der Waals surface area contributed by atoms with Gasteiger partial charge in [-0.3, -0.25) is 19.7 Å². The van der Waals surface area contributed by atoms with Crippen molar-refractivity contribution in [2.24, 2.45) is 0 Å². The number of nitrogens with zero attached hydrogens (tertiary/aromatic N) is 1. The normalized spacial score (nSPS) is 10.0. The highest BCUT2D eigenvalue weighted by Gasteiger charge is 2.15. The van der Waals surface area contributed by atoms with E-state index < -0.39 is 16.8 Å². The number of anilines is 1. The van der Waals surface area contributed by atoms with Gasteiger partial charge in [-0.1, -0.05) is 0 Å². The molecule has 0 aliphatic carbocycles. The number of carbonyl (C=O) groups is 2. The zero-order valence-corrected chi connectivity index (χ0v) is 10.6. The summed E-state index contributed by atoms with van der Waals surface area (Å²) >= 11 is 0. The molecule has 0 atom stereocenters. The van der Waals surface area contributed by atoms with Crippen LogP contribution in [0, 0.1) is 24.0 Å². The van der Waals surface area contributed by atoms with Crippen LogP contribution in [0.3, 0.4) is 0 Å². The Morgan fingerprint density at radius 2 is 1.89 bits per heavy atom. The molecule has 1 aromatic carbocycles. The Hall–Kier alpha value is -2.44. The molecule has 1 aromatic rings. The molecule has 2 N–H and O–H groups in total. The van der Waals surface area contributed by atoms with Crippen LogP contribution in [-0.2, 0) is 9.59 Å². The molecule has 0 radical (unpaired) electrons. The second kappa shape index (κ2) is 5.94. The minimum absolute atomic E-state index is 0.0841. The molecule has 1 rings (SSSR count). The van der Waals surface area contributed by atoms with Crippen molar-refractivity contribution in [2.75, 3.05) is 5.32 Å². The van der Waals surface area contributed by atoms with Crippen LogP contribution >= 0.6 is 0 Å². The van der Waals surface area contributed by atoms with Crippen molar-refractivity contribution in [3.63, 3.8) is 0 Å². The van der Waals surface area contributed by atoms with Gasteiger partial charge in [-0.15, -0.1) is 0 Å². The number of benzene rings is 1. The highest BCUT2D eigenvalue weighted by molar-refractivity contribution is 5.93. The first-order chi connectivity index (χ1) is 8.81. The van der Waals surface area contributed by atoms with E-state index >= 15 is 0 Å². The lowest BCUT2D eigenvalue weighted by Gasteiger charge is -2.09. The van der Waals surface area contributed by atoms with E-state index in [4.69, 9.17) is 5.11 Å². The molecule has 7 heteroatoms. The maximum absolute atomic E-state index is 11.5. The number of nitrogens with one attached hydrogen (secondary N) is 1. The van der Waals surface area contributed by atoms with E-state index in [0.29, 0.717) is 16.8 Å². The Balaban J connectivity index is 2.89. The summed E-state index contributed by atoms with van der Waals surface area (Å²) in [4.78, 5) is 32.1. The molecule has 0 bridgehead atoms. The fraction of sp³-hybridized carbons (Fsp3) is 0.333. The van der Waals surface area contributed by atoms with Crippen LogP contribution in [0.5, 0.6) is 0 Å². The predicted molar refractivity (Wildman–Crippen MR) is 68.1 cm³/mol. The number of carbonyl (C=O) groups excluding carboxylic acids is 1. The van der Waals surface area contributed by atoms with Gasteiger partial charge in [0.25, 0.3) is 5.69 Å². The first-order valence-corrected chi connectivity index (χ1v) is 5.58. The van der Waals surface area contributed by atoms with Crippen LogP contribution in [0.15, 0.2) is 12.1 Å². The minimum Gasteiger partial charge on any atom is -0.481 e. The molecule has 0 fully saturated rings. The molecule has 19 heavy (non-hydrogen) atoms. The van der Waals surface area contributed by atoms with Gasteiger partial charge in [-0.25, -0.2) is 0 Å². The quantitative estimate of drug-likeness (QED) is 0.625. The summed E-state index contributed by atoms with van der Waals surface area (Å²) in [6.07, 6.45) is -0.449. The molecule has 0 aliphatic heterocycles. The van der Waals surface area contributed by atoms with E-state index in [2.05, 4.69) is 5.32 Å². The van der Waals surface area contributed by atoms with Gasteiger partial charge in [-0.2, -0.15) is 0 Å². The fourth-order valence-electron chi connectivity index (χ4n) is 1.61. The van der Waals surface area contributed by atoms with E-state index in [0.717, 1.165) is 0 Å². The van der Waals surface area contributed by atoms with Gasteiger partial charge >= 0.3 is 5.97 Å². The molecule has 0 unspecified atom stereocenters. The second-order valence-electron chi connectivity index (χ2n) is 4.15. The minimum atomic E-state index is -1.07. The number of aliphatic carboxylic acids is 1. The smallest absolute Gasteiger partial charge is 0.303 e. The average Bonchev–Trinajstić information content (AvgIpc) is 2.29. The Morgan fingerprint density at radius 3 is 2.42 bits per heavy atom. The lowest BCUT2D eigenvalue weighted by Crippen LogP contribution is -2.14. The molecular weight excluding hydrogens is 252 g/mol. The van der Waals surface area contributed by atoms with Crippen LogP contribution in [-0.4, -0.2) is 21.9 Å². The lowest BCUT2D eigenvalue weighted by atomic mass is 10.1. The Labute approximate surface area is 109 Å². The number of nitro benzene ring substituents is 1. The molecular formula is C12H14N2O5. The average molecular weight is 266 g/mol. The molecule has 7 nitrogen and oxygen atoms in total. The molecule has 0 saturated carbocycles. The summed E-state index contributed by atoms with van der Waals surface area (Å²) in [5, 5.41) is 21.7. The van der Waals surface area contributed by atoms with Crippen LogP contribution in [0.1, 0.15) is 24.0 Å². The van der Waals surface area contributed by atoms with E-state index in [9.17, 15) is 19.7 Å². The third-order valence-electron chi connectivity index (χ3n) is 2.58. The highest BCUT2D eigenvalue weighted by Crippen LogP contribution is 2.26. The van der Waals surface area contributed by atoms with Crippen molar-refractivity contribution in [3.05, 3.63) is 33.4 Å². The largest absolute Gasteiger partial charge is 0.481 e. The first-order valence-electron chi connectivity index (χ1n) is 5.58. The molecule has 0 heterocycles. The van der Waals surface area contributed by atoms with Crippen molar-refractivity contribution in [1.29, 1.82) is 0 Å². The third-order valence-corrected chi connectivity index (χ3v) is 2.58. The Kier molecular flexibility index (Phi) is 4.57. The maximum atomic E-state index is 11.5.